The summed E-state index contributed by atoms with van der Waals surface area (Å²) in [5.74, 6) is -1.68. The van der Waals surface area contributed by atoms with Gasteiger partial charge in [0.1, 0.15) is 5.69 Å². The summed E-state index contributed by atoms with van der Waals surface area (Å²) >= 11 is 5.72. The maximum absolute atomic E-state index is 12.2. The van der Waals surface area contributed by atoms with Crippen LogP contribution in [-0.2, 0) is 14.3 Å². The lowest BCUT2D eigenvalue weighted by atomic mass is 9.97. The minimum Gasteiger partial charge on any atom is -0.455 e. The van der Waals surface area contributed by atoms with Crippen molar-refractivity contribution in [2.24, 2.45) is 0 Å². The number of carbonyl (C=O) groups excluding carboxylic acids is 2. The Morgan fingerprint density at radius 3 is 2.54 bits per heavy atom. The van der Waals surface area contributed by atoms with Crippen molar-refractivity contribution >= 4 is 34.9 Å². The van der Waals surface area contributed by atoms with Crippen molar-refractivity contribution < 1.29 is 19.2 Å². The number of carbonyl (C=O) groups is 2. The van der Waals surface area contributed by atoms with Gasteiger partial charge >= 0.3 is 5.97 Å². The van der Waals surface area contributed by atoms with Crippen molar-refractivity contribution in [3.63, 3.8) is 0 Å². The van der Waals surface area contributed by atoms with Crippen molar-refractivity contribution in [3.8, 4) is 0 Å². The number of halogens is 1. The van der Waals surface area contributed by atoms with Crippen LogP contribution in [0.25, 0.3) is 0 Å². The number of nitro benzene ring substituents is 1. The molecule has 0 spiro atoms. The molecule has 0 saturated heterocycles. The molecule has 7 nitrogen and oxygen atoms in total. The maximum Gasteiger partial charge on any atom is 0.313 e. The lowest BCUT2D eigenvalue weighted by molar-refractivity contribution is -0.383. The van der Waals surface area contributed by atoms with Crippen molar-refractivity contribution in [1.82, 2.24) is 0 Å². The molecule has 0 aliphatic heterocycles. The van der Waals surface area contributed by atoms with E-state index in [2.05, 4.69) is 5.32 Å². The topological polar surface area (TPSA) is 98.5 Å². The van der Waals surface area contributed by atoms with Crippen LogP contribution in [0.4, 0.5) is 11.4 Å². The summed E-state index contributed by atoms with van der Waals surface area (Å²) < 4.78 is 5.06. The quantitative estimate of drug-likeness (QED) is 0.448. The first-order chi connectivity index (χ1) is 12.4. The number of amides is 1. The van der Waals surface area contributed by atoms with Crippen LogP contribution in [0.3, 0.4) is 0 Å². The molecule has 1 atom stereocenters. The highest BCUT2D eigenvalue weighted by Crippen LogP contribution is 2.27. The Balaban J connectivity index is 1.98. The lowest BCUT2D eigenvalue weighted by Gasteiger charge is -2.14. The predicted octanol–water partition coefficient (Wildman–Crippen LogP) is 3.92. The molecule has 0 bridgehead atoms. The third-order valence-corrected chi connectivity index (χ3v) is 3.91. The van der Waals surface area contributed by atoms with E-state index in [9.17, 15) is 19.7 Å². The number of esters is 1. The normalized spacial score (nSPS) is 11.5. The first-order valence-electron chi connectivity index (χ1n) is 7.87. The Morgan fingerprint density at radius 1 is 1.23 bits per heavy atom. The van der Waals surface area contributed by atoms with Gasteiger partial charge in [-0.2, -0.15) is 0 Å². The molecule has 1 N–H and O–H groups in total. The molecule has 1 amide bonds. The number of nitrogens with zero attached hydrogens (tertiary/aromatic N) is 1. The van der Waals surface area contributed by atoms with Gasteiger partial charge in [-0.3, -0.25) is 19.7 Å². The largest absolute Gasteiger partial charge is 0.455 e. The number of rotatable bonds is 7. The van der Waals surface area contributed by atoms with E-state index in [0.29, 0.717) is 6.42 Å². The first-order valence-corrected chi connectivity index (χ1v) is 8.25. The Morgan fingerprint density at radius 2 is 1.92 bits per heavy atom. The zero-order chi connectivity index (χ0) is 19.1. The Kier molecular flexibility index (Phi) is 6.68. The van der Waals surface area contributed by atoms with Crippen molar-refractivity contribution in [3.05, 3.63) is 69.2 Å². The Labute approximate surface area is 155 Å². The highest BCUT2D eigenvalue weighted by Gasteiger charge is 2.22. The van der Waals surface area contributed by atoms with Gasteiger partial charge in [0.15, 0.2) is 6.61 Å². The molecule has 0 aliphatic carbocycles. The van der Waals surface area contributed by atoms with E-state index < -0.39 is 29.3 Å². The molecule has 0 unspecified atom stereocenters. The third kappa shape index (κ3) is 5.03. The van der Waals surface area contributed by atoms with Gasteiger partial charge in [0.25, 0.3) is 11.6 Å². The van der Waals surface area contributed by atoms with Crippen LogP contribution in [0, 0.1) is 10.1 Å². The summed E-state index contributed by atoms with van der Waals surface area (Å²) in [7, 11) is 0. The smallest absolute Gasteiger partial charge is 0.313 e. The molecule has 2 aromatic rings. The number of hydrogen-bond donors (Lipinski definition) is 1. The monoisotopic (exact) mass is 376 g/mol. The van der Waals surface area contributed by atoms with Gasteiger partial charge in [-0.15, -0.1) is 0 Å². The van der Waals surface area contributed by atoms with Crippen LogP contribution in [0.15, 0.2) is 48.5 Å². The Bertz CT molecular complexity index is 810. The summed E-state index contributed by atoms with van der Waals surface area (Å²) in [5, 5.41) is 13.5. The molecule has 2 aromatic carbocycles. The summed E-state index contributed by atoms with van der Waals surface area (Å²) in [6.07, 6.45) is 0.521. The first kappa shape index (κ1) is 19.4. The number of hydrogen-bond acceptors (Lipinski definition) is 5. The zero-order valence-corrected chi connectivity index (χ0v) is 14.7. The summed E-state index contributed by atoms with van der Waals surface area (Å²) in [4.78, 5) is 34.6. The van der Waals surface area contributed by atoms with Gasteiger partial charge in [-0.1, -0.05) is 48.9 Å². The number of benzene rings is 2. The number of anilines is 1. The maximum atomic E-state index is 12.2. The summed E-state index contributed by atoms with van der Waals surface area (Å²) in [6, 6.07) is 13.0. The van der Waals surface area contributed by atoms with Crippen LogP contribution >= 0.6 is 11.6 Å². The van der Waals surface area contributed by atoms with E-state index >= 15 is 0 Å². The fraction of sp³-hybridized carbons (Fsp3) is 0.222. The van der Waals surface area contributed by atoms with Crippen LogP contribution in [0.5, 0.6) is 0 Å². The highest BCUT2D eigenvalue weighted by atomic mass is 35.5. The van der Waals surface area contributed by atoms with E-state index in [1.54, 1.807) is 0 Å². The van der Waals surface area contributed by atoms with Gasteiger partial charge in [0.05, 0.1) is 10.8 Å². The molecular formula is C18H17ClN2O5. The molecule has 0 aromatic heterocycles. The molecule has 2 rings (SSSR count). The fourth-order valence-corrected chi connectivity index (χ4v) is 2.58. The zero-order valence-electron chi connectivity index (χ0n) is 14.0. The molecule has 26 heavy (non-hydrogen) atoms. The van der Waals surface area contributed by atoms with E-state index in [1.165, 1.54) is 12.1 Å². The van der Waals surface area contributed by atoms with E-state index in [0.717, 1.165) is 11.6 Å². The second kappa shape index (κ2) is 8.96. The van der Waals surface area contributed by atoms with Gasteiger partial charge in [-0.25, -0.2) is 0 Å². The van der Waals surface area contributed by atoms with Crippen LogP contribution in [0.2, 0.25) is 5.02 Å². The van der Waals surface area contributed by atoms with Gasteiger partial charge < -0.3 is 10.1 Å². The van der Waals surface area contributed by atoms with Gasteiger partial charge in [-0.05, 0) is 24.1 Å². The van der Waals surface area contributed by atoms with Crippen molar-refractivity contribution in [2.75, 3.05) is 11.9 Å². The van der Waals surface area contributed by atoms with Crippen LogP contribution < -0.4 is 5.32 Å². The molecule has 0 aliphatic rings. The average Bonchev–Trinajstić information content (AvgIpc) is 2.63. The minimum atomic E-state index is -0.674. The van der Waals surface area contributed by atoms with Crippen LogP contribution in [0.1, 0.15) is 24.8 Å². The number of nitrogens with one attached hydrogen (secondary N) is 1. The molecule has 0 saturated carbocycles. The van der Waals surface area contributed by atoms with Gasteiger partial charge in [0.2, 0.25) is 0 Å². The standard InChI is InChI=1S/C18H17ClN2O5/c1-2-14(12-6-4-3-5-7-12)18(23)26-11-17(22)20-15-9-8-13(19)10-16(15)21(24)25/h3-10,14H,2,11H2,1H3,(H,20,22)/t14-/m1/s1. The minimum absolute atomic E-state index is 0.0180. The predicted molar refractivity (Wildman–Crippen MR) is 97.2 cm³/mol. The average molecular weight is 377 g/mol. The molecule has 0 radical (unpaired) electrons. The lowest BCUT2D eigenvalue weighted by Crippen LogP contribution is -2.24. The second-order valence-electron chi connectivity index (χ2n) is 5.45. The molecule has 8 heteroatoms. The molecular weight excluding hydrogens is 360 g/mol. The van der Waals surface area contributed by atoms with E-state index in [1.807, 2.05) is 37.3 Å². The van der Waals surface area contributed by atoms with Gasteiger partial charge in [0, 0.05) is 11.1 Å². The fourth-order valence-electron chi connectivity index (χ4n) is 2.41. The number of nitro groups is 1. The Hall–Kier alpha value is -2.93. The van der Waals surface area contributed by atoms with E-state index in [-0.39, 0.29) is 16.4 Å². The van der Waals surface area contributed by atoms with Crippen molar-refractivity contribution in [1.29, 1.82) is 0 Å². The molecule has 0 fully saturated rings. The van der Waals surface area contributed by atoms with Crippen molar-refractivity contribution in [2.45, 2.75) is 19.3 Å². The van der Waals surface area contributed by atoms with Crippen LogP contribution in [-0.4, -0.2) is 23.4 Å². The summed E-state index contributed by atoms with van der Waals surface area (Å²) in [6.45, 7) is 1.30. The number of ether oxygens (including phenoxy) is 1. The summed E-state index contributed by atoms with van der Waals surface area (Å²) in [5.41, 5.74) is 0.442. The highest BCUT2D eigenvalue weighted by molar-refractivity contribution is 6.31. The molecule has 0 heterocycles. The SMILES string of the molecule is CC[C@@H](C(=O)OCC(=O)Nc1ccc(Cl)cc1[N+](=O)[O-])c1ccccc1. The van der Waals surface area contributed by atoms with E-state index in [4.69, 9.17) is 16.3 Å². The molecule has 136 valence electrons. The third-order valence-electron chi connectivity index (χ3n) is 3.67. The second-order valence-corrected chi connectivity index (χ2v) is 5.88.